The van der Waals surface area contributed by atoms with Crippen molar-refractivity contribution in [1.82, 2.24) is 9.97 Å². The first-order valence-corrected chi connectivity index (χ1v) is 13.5. The van der Waals surface area contributed by atoms with E-state index in [2.05, 4.69) is 42.9 Å². The molecule has 2 aromatic carbocycles. The second-order valence-electron chi connectivity index (χ2n) is 9.69. The number of carbonyl (C=O) groups is 1. The molecule has 2 heterocycles. The van der Waals surface area contributed by atoms with Crippen molar-refractivity contribution in [3.05, 3.63) is 73.0 Å². The molecule has 0 fully saturated rings. The molecule has 0 radical (unpaired) electrons. The van der Waals surface area contributed by atoms with Crippen LogP contribution in [0.15, 0.2) is 61.7 Å². The van der Waals surface area contributed by atoms with E-state index in [4.69, 9.17) is 14.7 Å². The lowest BCUT2D eigenvalue weighted by molar-refractivity contribution is -0.117. The Bertz CT molecular complexity index is 1310. The van der Waals surface area contributed by atoms with Gasteiger partial charge in [-0.15, -0.1) is 6.58 Å². The topological polar surface area (TPSA) is 78.8 Å². The van der Waals surface area contributed by atoms with Gasteiger partial charge in [0.25, 0.3) is 0 Å². The lowest BCUT2D eigenvalue weighted by Gasteiger charge is -2.34. The van der Waals surface area contributed by atoms with Crippen LogP contribution in [0.1, 0.15) is 44.4 Å². The predicted octanol–water partition coefficient (Wildman–Crippen LogP) is 5.85. The molecule has 1 unspecified atom stereocenters. The quantitative estimate of drug-likeness (QED) is 0.226. The zero-order chi connectivity index (χ0) is 27.1. The molecule has 0 bridgehead atoms. The van der Waals surface area contributed by atoms with Crippen molar-refractivity contribution in [2.45, 2.75) is 46.1 Å². The fourth-order valence-electron chi connectivity index (χ4n) is 5.07. The summed E-state index contributed by atoms with van der Waals surface area (Å²) in [5.41, 5.74) is 3.04. The third-order valence-corrected chi connectivity index (χ3v) is 6.98. The highest BCUT2D eigenvalue weighted by atomic mass is 16.5. The summed E-state index contributed by atoms with van der Waals surface area (Å²) in [6.07, 6.45) is 6.29. The number of anilines is 2. The summed E-state index contributed by atoms with van der Waals surface area (Å²) in [5.74, 6) is 0.856. The van der Waals surface area contributed by atoms with E-state index in [0.29, 0.717) is 32.1 Å². The first-order chi connectivity index (χ1) is 18.5. The molecular formula is C31H38N4O3. The van der Waals surface area contributed by atoms with Crippen LogP contribution in [0.25, 0.3) is 10.8 Å². The maximum absolute atomic E-state index is 12.3. The van der Waals surface area contributed by atoms with Crippen molar-refractivity contribution < 1.29 is 14.6 Å². The van der Waals surface area contributed by atoms with Crippen LogP contribution in [0, 0.1) is 5.92 Å². The summed E-state index contributed by atoms with van der Waals surface area (Å²) in [6.45, 7) is 15.1. The second-order valence-corrected chi connectivity index (χ2v) is 9.69. The minimum atomic E-state index is -0.269. The Kier molecular flexibility index (Phi) is 9.00. The van der Waals surface area contributed by atoms with Crippen LogP contribution in [-0.4, -0.2) is 47.1 Å². The molecular weight excluding hydrogens is 476 g/mol. The lowest BCUT2D eigenvalue weighted by atomic mass is 9.99. The maximum atomic E-state index is 12.3. The molecule has 0 saturated carbocycles. The highest BCUT2D eigenvalue weighted by molar-refractivity contribution is 5.95. The van der Waals surface area contributed by atoms with Crippen LogP contribution < -0.4 is 14.5 Å². The fraction of sp³-hybridized carbons (Fsp3) is 0.387. The molecule has 7 heteroatoms. The fourth-order valence-corrected chi connectivity index (χ4v) is 5.07. The van der Waals surface area contributed by atoms with Crippen LogP contribution in [0.4, 0.5) is 11.5 Å². The van der Waals surface area contributed by atoms with Crippen molar-refractivity contribution in [2.24, 2.45) is 5.92 Å². The van der Waals surface area contributed by atoms with Gasteiger partial charge < -0.3 is 19.6 Å². The molecule has 3 aromatic rings. The van der Waals surface area contributed by atoms with E-state index in [1.807, 2.05) is 24.3 Å². The minimum absolute atomic E-state index is 0.0119. The van der Waals surface area contributed by atoms with E-state index in [0.717, 1.165) is 65.9 Å². The lowest BCUT2D eigenvalue weighted by Crippen LogP contribution is -2.35. The number of benzene rings is 2. The van der Waals surface area contributed by atoms with E-state index < -0.39 is 0 Å². The summed E-state index contributed by atoms with van der Waals surface area (Å²) >= 11 is 0. The average Bonchev–Trinajstić information content (AvgIpc) is 2.94. The van der Waals surface area contributed by atoms with Gasteiger partial charge in [-0.25, -0.2) is 0 Å². The van der Waals surface area contributed by atoms with Gasteiger partial charge in [-0.2, -0.15) is 9.97 Å². The summed E-state index contributed by atoms with van der Waals surface area (Å²) < 4.78 is 5.93. The van der Waals surface area contributed by atoms with Gasteiger partial charge in [0.05, 0.1) is 18.8 Å². The zero-order valence-corrected chi connectivity index (χ0v) is 22.5. The Morgan fingerprint density at radius 2 is 2.00 bits per heavy atom. The normalized spacial score (nSPS) is 13.6. The Hall–Kier alpha value is -3.87. The van der Waals surface area contributed by atoms with Crippen LogP contribution >= 0.6 is 0 Å². The molecule has 4 rings (SSSR count). The van der Waals surface area contributed by atoms with Gasteiger partial charge in [-0.3, -0.25) is 4.79 Å². The van der Waals surface area contributed by atoms with Gasteiger partial charge in [-0.1, -0.05) is 50.8 Å². The first kappa shape index (κ1) is 27.2. The Morgan fingerprint density at radius 1 is 1.18 bits per heavy atom. The number of ketones is 1. The Labute approximate surface area is 225 Å². The molecule has 1 atom stereocenters. The van der Waals surface area contributed by atoms with Gasteiger partial charge in [0.15, 0.2) is 5.78 Å². The largest absolute Gasteiger partial charge is 0.508 e. The van der Waals surface area contributed by atoms with Crippen molar-refractivity contribution in [1.29, 1.82) is 0 Å². The highest BCUT2D eigenvalue weighted by Gasteiger charge is 2.27. The van der Waals surface area contributed by atoms with Gasteiger partial charge in [0.1, 0.15) is 11.6 Å². The summed E-state index contributed by atoms with van der Waals surface area (Å²) in [6, 6.07) is 12.1. The summed E-state index contributed by atoms with van der Waals surface area (Å²) in [7, 11) is 0. The monoisotopic (exact) mass is 514 g/mol. The number of nitrogens with zero attached hydrogens (tertiary/aromatic N) is 4. The number of ether oxygens (including phenoxy) is 1. The SMILES string of the molecule is C=CC(=O)C(C=C)CCN(CCC)c1nc(OCCC)nc2c1CCN(c1cc(O)cc3ccccc13)C2. The van der Waals surface area contributed by atoms with E-state index in [1.54, 1.807) is 12.1 Å². The number of rotatable bonds is 13. The molecule has 38 heavy (non-hydrogen) atoms. The second kappa shape index (κ2) is 12.6. The van der Waals surface area contributed by atoms with Crippen LogP contribution in [0.3, 0.4) is 0 Å². The number of hydrogen-bond acceptors (Lipinski definition) is 7. The molecule has 1 N–H and O–H groups in total. The molecule has 1 aliphatic heterocycles. The van der Waals surface area contributed by atoms with Gasteiger partial charge >= 0.3 is 6.01 Å². The standard InChI is InChI=1S/C31H38N4O3/c1-5-15-34(16-13-22(7-3)29(37)8-4)30-26-14-17-35(21-27(26)32-31(33-30)38-18-6-2)28-20-24(36)19-23-11-9-10-12-25(23)28/h7-12,19-20,22,36H,3-6,13-18,21H2,1-2H3. The average molecular weight is 515 g/mol. The van der Waals surface area contributed by atoms with E-state index in [1.165, 1.54) is 6.08 Å². The molecule has 0 saturated heterocycles. The minimum Gasteiger partial charge on any atom is -0.508 e. The summed E-state index contributed by atoms with van der Waals surface area (Å²) in [4.78, 5) is 26.5. The number of carbonyl (C=O) groups excluding carboxylic acids is 1. The number of allylic oxidation sites excluding steroid dienone is 2. The maximum Gasteiger partial charge on any atom is 0.318 e. The van der Waals surface area contributed by atoms with Crippen molar-refractivity contribution in [2.75, 3.05) is 36.0 Å². The Morgan fingerprint density at radius 3 is 2.74 bits per heavy atom. The smallest absolute Gasteiger partial charge is 0.318 e. The highest BCUT2D eigenvalue weighted by Crippen LogP contribution is 2.36. The van der Waals surface area contributed by atoms with Crippen molar-refractivity contribution in [3.63, 3.8) is 0 Å². The third kappa shape index (κ3) is 5.98. The number of fused-ring (bicyclic) bond motifs is 2. The van der Waals surface area contributed by atoms with Gasteiger partial charge in [-0.05, 0) is 43.2 Å². The van der Waals surface area contributed by atoms with Crippen LogP contribution in [0.2, 0.25) is 0 Å². The molecule has 200 valence electrons. The Balaban J connectivity index is 1.70. The molecule has 1 aliphatic rings. The number of phenolic OH excluding ortho intramolecular Hbond substituents is 1. The number of phenols is 1. The van der Waals surface area contributed by atoms with Crippen molar-refractivity contribution >= 4 is 28.1 Å². The molecule has 1 aromatic heterocycles. The number of hydrogen-bond donors (Lipinski definition) is 1. The summed E-state index contributed by atoms with van der Waals surface area (Å²) in [5, 5.41) is 12.5. The van der Waals surface area contributed by atoms with Crippen LogP contribution in [-0.2, 0) is 17.8 Å². The number of aromatic hydroxyl groups is 1. The predicted molar refractivity (Wildman–Crippen MR) is 154 cm³/mol. The third-order valence-electron chi connectivity index (χ3n) is 6.98. The first-order valence-electron chi connectivity index (χ1n) is 13.5. The van der Waals surface area contributed by atoms with E-state index >= 15 is 0 Å². The molecule has 0 spiro atoms. The number of aromatic nitrogens is 2. The molecule has 7 nitrogen and oxygen atoms in total. The molecule has 0 aliphatic carbocycles. The van der Waals surface area contributed by atoms with E-state index in [9.17, 15) is 9.90 Å². The van der Waals surface area contributed by atoms with E-state index in [-0.39, 0.29) is 17.5 Å². The van der Waals surface area contributed by atoms with Crippen molar-refractivity contribution in [3.8, 4) is 11.8 Å². The van der Waals surface area contributed by atoms with Crippen LogP contribution in [0.5, 0.6) is 11.8 Å². The van der Waals surface area contributed by atoms with Gasteiger partial charge in [0, 0.05) is 48.3 Å². The zero-order valence-electron chi connectivity index (χ0n) is 22.5. The molecule has 0 amide bonds. The van der Waals surface area contributed by atoms with Gasteiger partial charge in [0.2, 0.25) is 0 Å².